The first-order valence-electron chi connectivity index (χ1n) is 12.0. The highest BCUT2D eigenvalue weighted by Crippen LogP contribution is 2.41. The predicted molar refractivity (Wildman–Crippen MR) is 143 cm³/mol. The number of nitrogens with one attached hydrogen (secondary N) is 1. The summed E-state index contributed by atoms with van der Waals surface area (Å²) in [7, 11) is -3.97. The highest BCUT2D eigenvalue weighted by Gasteiger charge is 2.35. The first kappa shape index (κ1) is 25.7. The summed E-state index contributed by atoms with van der Waals surface area (Å²) in [6.45, 7) is 1.45. The van der Waals surface area contributed by atoms with Gasteiger partial charge < -0.3 is 5.32 Å². The minimum absolute atomic E-state index is 0.0517. The molecule has 0 radical (unpaired) electrons. The molecule has 0 saturated heterocycles. The average molecular weight is 558 g/mol. The number of anilines is 1. The Morgan fingerprint density at radius 1 is 1.08 bits per heavy atom. The fourth-order valence-corrected chi connectivity index (χ4v) is 6.90. The number of hydrogen-bond acceptors (Lipinski definition) is 5. The maximum absolute atomic E-state index is 13.9. The van der Waals surface area contributed by atoms with Gasteiger partial charge in [0, 0.05) is 26.0 Å². The molecule has 2 aliphatic rings. The Hall–Kier alpha value is -2.94. The molecule has 1 N–H and O–H groups in total. The Balaban J connectivity index is 1.52. The van der Waals surface area contributed by atoms with Crippen LogP contribution >= 0.6 is 23.2 Å². The summed E-state index contributed by atoms with van der Waals surface area (Å²) in [5.41, 5.74) is 2.68. The third kappa shape index (κ3) is 5.37. The summed E-state index contributed by atoms with van der Waals surface area (Å²) in [6.07, 6.45) is 3.97. The number of ketones is 1. The molecule has 1 unspecified atom stereocenters. The van der Waals surface area contributed by atoms with Gasteiger partial charge in [-0.25, -0.2) is 8.42 Å². The average Bonchev–Trinajstić information content (AvgIpc) is 3.69. The van der Waals surface area contributed by atoms with Crippen molar-refractivity contribution in [3.8, 4) is 0 Å². The molecule has 192 valence electrons. The summed E-state index contributed by atoms with van der Waals surface area (Å²) in [4.78, 5) is 29.5. The van der Waals surface area contributed by atoms with Crippen LogP contribution in [0.15, 0.2) is 59.6 Å². The Morgan fingerprint density at radius 3 is 2.46 bits per heavy atom. The lowest BCUT2D eigenvalue weighted by Crippen LogP contribution is -2.50. The molecular formula is C27H25Cl2N3O4S. The first-order chi connectivity index (χ1) is 17.6. The molecule has 2 aromatic carbocycles. The highest BCUT2D eigenvalue weighted by atomic mass is 35.5. The molecule has 37 heavy (non-hydrogen) atoms. The number of amides is 1. The van der Waals surface area contributed by atoms with E-state index < -0.39 is 16.1 Å². The summed E-state index contributed by atoms with van der Waals surface area (Å²) in [5, 5.41) is 3.33. The summed E-state index contributed by atoms with van der Waals surface area (Å²) in [5.74, 6) is -0.150. The number of halogens is 2. The Kier molecular flexibility index (Phi) is 7.00. The minimum Gasteiger partial charge on any atom is -0.351 e. The first-order valence-corrected chi connectivity index (χ1v) is 14.2. The topological polar surface area (TPSA) is 96.4 Å². The van der Waals surface area contributed by atoms with Crippen molar-refractivity contribution in [3.05, 3.63) is 87.2 Å². The molecule has 5 rings (SSSR count). The van der Waals surface area contributed by atoms with E-state index in [1.54, 1.807) is 48.7 Å². The number of nitrogens with zero attached hydrogens (tertiary/aromatic N) is 2. The van der Waals surface area contributed by atoms with E-state index in [2.05, 4.69) is 10.3 Å². The second-order valence-corrected chi connectivity index (χ2v) is 12.2. The highest BCUT2D eigenvalue weighted by molar-refractivity contribution is 7.92. The van der Waals surface area contributed by atoms with Crippen molar-refractivity contribution in [1.29, 1.82) is 0 Å². The van der Waals surface area contributed by atoms with Gasteiger partial charge in [-0.15, -0.1) is 0 Å². The van der Waals surface area contributed by atoms with Crippen molar-refractivity contribution in [2.75, 3.05) is 10.8 Å². The lowest BCUT2D eigenvalue weighted by atomic mass is 10.00. The third-order valence-electron chi connectivity index (χ3n) is 6.61. The number of benzene rings is 2. The number of sulfonamides is 1. The fourth-order valence-electron chi connectivity index (χ4n) is 4.71. The molecule has 1 aliphatic heterocycles. The Morgan fingerprint density at radius 2 is 1.78 bits per heavy atom. The van der Waals surface area contributed by atoms with Gasteiger partial charge in [0.15, 0.2) is 5.78 Å². The molecule has 0 spiro atoms. The summed E-state index contributed by atoms with van der Waals surface area (Å²) >= 11 is 12.4. The van der Waals surface area contributed by atoms with Crippen LogP contribution in [0.2, 0.25) is 10.0 Å². The van der Waals surface area contributed by atoms with Crippen LogP contribution in [0.4, 0.5) is 5.69 Å². The van der Waals surface area contributed by atoms with E-state index in [1.807, 2.05) is 6.07 Å². The smallest absolute Gasteiger partial charge is 0.264 e. The van der Waals surface area contributed by atoms with Crippen molar-refractivity contribution in [1.82, 2.24) is 10.3 Å². The zero-order valence-corrected chi connectivity index (χ0v) is 22.4. The normalized spacial score (nSPS) is 17.3. The van der Waals surface area contributed by atoms with Crippen molar-refractivity contribution in [2.24, 2.45) is 0 Å². The zero-order chi connectivity index (χ0) is 26.3. The van der Waals surface area contributed by atoms with E-state index in [9.17, 15) is 18.0 Å². The van der Waals surface area contributed by atoms with Crippen LogP contribution in [0.5, 0.6) is 0 Å². The molecular weight excluding hydrogens is 533 g/mol. The number of Topliss-reactive ketones (excluding diaryl/α,β-unsaturated/α-hetero) is 1. The standard InChI is InChI=1S/C27H25Cl2N3O4S/c1-16(33)31-20-13-24-25(10-17(14-30-24)11-26(34)27-22(28)6-3-7-23(27)29)32(15-20)37(35,36)21-5-2-4-19(12-21)18-8-9-18/h2-7,10,12,14,18,20H,8-9,11,13,15H2,1H3,(H,31,33). The molecule has 1 atom stereocenters. The predicted octanol–water partition coefficient (Wildman–Crippen LogP) is 4.95. The molecule has 1 saturated carbocycles. The van der Waals surface area contributed by atoms with Gasteiger partial charge in [0.05, 0.1) is 44.5 Å². The van der Waals surface area contributed by atoms with Gasteiger partial charge in [-0.3, -0.25) is 18.9 Å². The van der Waals surface area contributed by atoms with Crippen LogP contribution in [0.1, 0.15) is 52.9 Å². The summed E-state index contributed by atoms with van der Waals surface area (Å²) in [6, 6.07) is 13.1. The summed E-state index contributed by atoms with van der Waals surface area (Å²) < 4.78 is 29.1. The van der Waals surface area contributed by atoms with Crippen molar-refractivity contribution >= 4 is 50.6 Å². The Labute approximate surface area is 225 Å². The minimum atomic E-state index is -3.97. The number of carbonyl (C=O) groups excluding carboxylic acids is 2. The van der Waals surface area contributed by atoms with Gasteiger partial charge in [-0.05, 0) is 60.2 Å². The molecule has 1 fully saturated rings. The molecule has 3 aromatic rings. The lowest BCUT2D eigenvalue weighted by molar-refractivity contribution is -0.119. The van der Waals surface area contributed by atoms with E-state index >= 15 is 0 Å². The van der Waals surface area contributed by atoms with E-state index in [-0.39, 0.29) is 45.2 Å². The molecule has 7 nitrogen and oxygen atoms in total. The monoisotopic (exact) mass is 557 g/mol. The van der Waals surface area contributed by atoms with E-state index in [0.29, 0.717) is 29.3 Å². The number of hydrogen-bond donors (Lipinski definition) is 1. The van der Waals surface area contributed by atoms with Gasteiger partial charge in [0.25, 0.3) is 10.0 Å². The van der Waals surface area contributed by atoms with Crippen LogP contribution < -0.4 is 9.62 Å². The maximum Gasteiger partial charge on any atom is 0.264 e. The quantitative estimate of drug-likeness (QED) is 0.414. The largest absolute Gasteiger partial charge is 0.351 e. The van der Waals surface area contributed by atoms with Gasteiger partial charge in [0.1, 0.15) is 0 Å². The number of carbonyl (C=O) groups is 2. The number of aromatic nitrogens is 1. The molecule has 1 aromatic heterocycles. The van der Waals surface area contributed by atoms with E-state index in [0.717, 1.165) is 18.4 Å². The van der Waals surface area contributed by atoms with Crippen molar-refractivity contribution in [2.45, 2.75) is 49.5 Å². The van der Waals surface area contributed by atoms with Gasteiger partial charge >= 0.3 is 0 Å². The van der Waals surface area contributed by atoms with Crippen LogP contribution in [0, 0.1) is 0 Å². The maximum atomic E-state index is 13.9. The number of rotatable bonds is 7. The van der Waals surface area contributed by atoms with Crippen molar-refractivity contribution < 1.29 is 18.0 Å². The van der Waals surface area contributed by atoms with Crippen LogP contribution in [-0.2, 0) is 27.7 Å². The molecule has 0 bridgehead atoms. The van der Waals surface area contributed by atoms with E-state index in [4.69, 9.17) is 23.2 Å². The third-order valence-corrected chi connectivity index (χ3v) is 9.01. The van der Waals surface area contributed by atoms with Crippen LogP contribution in [0.3, 0.4) is 0 Å². The Bertz CT molecular complexity index is 1480. The van der Waals surface area contributed by atoms with Gasteiger partial charge in [-0.1, -0.05) is 41.4 Å². The molecule has 1 aliphatic carbocycles. The second kappa shape index (κ2) is 10.1. The molecule has 10 heteroatoms. The fraction of sp³-hybridized carbons (Fsp3) is 0.296. The van der Waals surface area contributed by atoms with Crippen LogP contribution in [0.25, 0.3) is 0 Å². The number of fused-ring (bicyclic) bond motifs is 1. The van der Waals surface area contributed by atoms with Crippen LogP contribution in [-0.4, -0.2) is 37.7 Å². The number of pyridine rings is 1. The molecule has 2 heterocycles. The van der Waals surface area contributed by atoms with Crippen molar-refractivity contribution in [3.63, 3.8) is 0 Å². The second-order valence-electron chi connectivity index (χ2n) is 9.49. The van der Waals surface area contributed by atoms with Gasteiger partial charge in [-0.2, -0.15) is 0 Å². The zero-order valence-electron chi connectivity index (χ0n) is 20.1. The lowest BCUT2D eigenvalue weighted by Gasteiger charge is -2.35. The van der Waals surface area contributed by atoms with Gasteiger partial charge in [0.2, 0.25) is 5.91 Å². The SMILES string of the molecule is CC(=O)NC1Cc2ncc(CC(=O)c3c(Cl)cccc3Cl)cc2N(S(=O)(=O)c2cccc(C3CC3)c2)C1. The van der Waals surface area contributed by atoms with E-state index in [1.165, 1.54) is 11.2 Å². The molecule has 1 amide bonds.